The van der Waals surface area contributed by atoms with Crippen LogP contribution in [0.25, 0.3) is 0 Å². The number of thioether (sulfide) groups is 1. The summed E-state index contributed by atoms with van der Waals surface area (Å²) >= 11 is 4.70. The van der Waals surface area contributed by atoms with Crippen molar-refractivity contribution in [3.8, 4) is 0 Å². The van der Waals surface area contributed by atoms with Crippen LogP contribution in [0.4, 0.5) is 5.69 Å². The topological polar surface area (TPSA) is 97.2 Å². The molecule has 0 bridgehead atoms. The van der Waals surface area contributed by atoms with E-state index in [1.807, 2.05) is 35.8 Å². The molecule has 0 spiro atoms. The van der Waals surface area contributed by atoms with Crippen molar-refractivity contribution in [2.24, 2.45) is 0 Å². The minimum absolute atomic E-state index is 0.0110. The van der Waals surface area contributed by atoms with Crippen molar-refractivity contribution in [1.82, 2.24) is 19.1 Å². The summed E-state index contributed by atoms with van der Waals surface area (Å²) in [5.74, 6) is 0.896. The van der Waals surface area contributed by atoms with Gasteiger partial charge in [-0.25, -0.2) is 12.7 Å². The summed E-state index contributed by atoms with van der Waals surface area (Å²) in [6, 6.07) is 7.39. The first kappa shape index (κ1) is 22.3. The van der Waals surface area contributed by atoms with Crippen LogP contribution in [0.3, 0.4) is 0 Å². The molecular weight excluding hydrogens is 478 g/mol. The molecule has 0 radical (unpaired) electrons. The Hall–Kier alpha value is -1.43. The molecule has 1 atom stereocenters. The number of amides is 1. The second-order valence-corrected chi connectivity index (χ2v) is 10.7. The maximum absolute atomic E-state index is 12.3. The van der Waals surface area contributed by atoms with Gasteiger partial charge in [0.1, 0.15) is 5.82 Å². The lowest BCUT2D eigenvalue weighted by molar-refractivity contribution is -0.113. The van der Waals surface area contributed by atoms with Crippen molar-refractivity contribution in [3.05, 3.63) is 34.6 Å². The molecule has 2 aromatic rings. The largest absolute Gasteiger partial charge is 0.325 e. The molecule has 29 heavy (non-hydrogen) atoms. The van der Waals surface area contributed by atoms with Gasteiger partial charge in [-0.15, -0.1) is 10.2 Å². The highest BCUT2D eigenvalue weighted by atomic mass is 79.9. The number of nitrogens with zero attached hydrogens (tertiary/aromatic N) is 4. The van der Waals surface area contributed by atoms with E-state index in [-0.39, 0.29) is 17.6 Å². The van der Waals surface area contributed by atoms with Crippen molar-refractivity contribution >= 4 is 49.3 Å². The number of sulfonamides is 1. The van der Waals surface area contributed by atoms with Gasteiger partial charge in [0.05, 0.1) is 12.0 Å². The molecule has 1 aliphatic heterocycles. The van der Waals surface area contributed by atoms with E-state index in [4.69, 9.17) is 0 Å². The second-order valence-electron chi connectivity index (χ2n) is 6.89. The van der Waals surface area contributed by atoms with E-state index in [1.165, 1.54) is 22.3 Å². The first-order valence-electron chi connectivity index (χ1n) is 9.34. The number of piperidine rings is 1. The van der Waals surface area contributed by atoms with E-state index in [2.05, 4.69) is 31.4 Å². The molecule has 1 N–H and O–H groups in total. The Morgan fingerprint density at radius 2 is 2.03 bits per heavy atom. The lowest BCUT2D eigenvalue weighted by Gasteiger charge is -2.30. The zero-order chi connectivity index (χ0) is 21.0. The van der Waals surface area contributed by atoms with Crippen molar-refractivity contribution in [1.29, 1.82) is 0 Å². The highest BCUT2D eigenvalue weighted by Gasteiger charge is 2.30. The fourth-order valence-corrected chi connectivity index (χ4v) is 5.31. The number of nitrogens with one attached hydrogen (secondary N) is 1. The summed E-state index contributed by atoms with van der Waals surface area (Å²) in [4.78, 5) is 12.3. The molecule has 0 aliphatic carbocycles. The fourth-order valence-electron chi connectivity index (χ4n) is 3.32. The van der Waals surface area contributed by atoms with E-state index in [0.29, 0.717) is 24.8 Å². The summed E-state index contributed by atoms with van der Waals surface area (Å²) in [7, 11) is -3.22. The third-order valence-corrected chi connectivity index (χ3v) is 7.51. The number of benzene rings is 1. The highest BCUT2D eigenvalue weighted by molar-refractivity contribution is 9.10. The number of aromatic nitrogens is 3. The number of halogens is 1. The predicted octanol–water partition coefficient (Wildman–Crippen LogP) is 2.93. The minimum atomic E-state index is -3.22. The van der Waals surface area contributed by atoms with Crippen LogP contribution in [-0.4, -0.2) is 58.5 Å². The number of anilines is 1. The zero-order valence-corrected chi connectivity index (χ0v) is 19.6. The Kier molecular flexibility index (Phi) is 7.36. The molecule has 2 heterocycles. The van der Waals surface area contributed by atoms with Gasteiger partial charge in [-0.1, -0.05) is 27.7 Å². The smallest absolute Gasteiger partial charge is 0.234 e. The molecular formula is C18H24BrN5O3S2. The van der Waals surface area contributed by atoms with E-state index in [1.54, 1.807) is 0 Å². The lowest BCUT2D eigenvalue weighted by Crippen LogP contribution is -2.39. The summed E-state index contributed by atoms with van der Waals surface area (Å²) in [6.45, 7) is 3.63. The normalized spacial score (nSPS) is 18.0. The van der Waals surface area contributed by atoms with Crippen LogP contribution in [0, 0.1) is 0 Å². The quantitative estimate of drug-likeness (QED) is 0.585. The van der Waals surface area contributed by atoms with Gasteiger partial charge in [0.15, 0.2) is 5.16 Å². The standard InChI is InChI=1S/C18H24BrN5O3S2/c1-3-24-17(13-5-4-10-23(11-13)29(2,26)27)21-22-18(24)28-12-16(25)20-15-8-6-14(19)7-9-15/h6-9,13H,3-5,10-12H2,1-2H3,(H,20,25)/t13-/m0/s1. The van der Waals surface area contributed by atoms with E-state index in [9.17, 15) is 13.2 Å². The number of rotatable bonds is 7. The van der Waals surface area contributed by atoms with Crippen LogP contribution in [0.5, 0.6) is 0 Å². The highest BCUT2D eigenvalue weighted by Crippen LogP contribution is 2.29. The summed E-state index contributed by atoms with van der Waals surface area (Å²) < 4.78 is 28.2. The molecule has 11 heteroatoms. The summed E-state index contributed by atoms with van der Waals surface area (Å²) in [6.07, 6.45) is 2.91. The number of carbonyl (C=O) groups is 1. The van der Waals surface area contributed by atoms with Gasteiger partial charge in [-0.3, -0.25) is 4.79 Å². The van der Waals surface area contributed by atoms with Gasteiger partial charge in [-0.2, -0.15) is 0 Å². The van der Waals surface area contributed by atoms with Crippen molar-refractivity contribution in [2.45, 2.75) is 37.4 Å². The molecule has 158 valence electrons. The number of hydrogen-bond acceptors (Lipinski definition) is 6. The van der Waals surface area contributed by atoms with Crippen LogP contribution in [0.15, 0.2) is 33.9 Å². The molecule has 8 nitrogen and oxygen atoms in total. The van der Waals surface area contributed by atoms with Gasteiger partial charge in [-0.05, 0) is 44.0 Å². The Morgan fingerprint density at radius 1 is 1.31 bits per heavy atom. The van der Waals surface area contributed by atoms with E-state index >= 15 is 0 Å². The molecule has 3 rings (SSSR count). The van der Waals surface area contributed by atoms with Crippen LogP contribution in [0.2, 0.25) is 0 Å². The summed E-state index contributed by atoms with van der Waals surface area (Å²) in [5.41, 5.74) is 0.736. The van der Waals surface area contributed by atoms with Gasteiger partial charge >= 0.3 is 0 Å². The van der Waals surface area contributed by atoms with Crippen molar-refractivity contribution in [3.63, 3.8) is 0 Å². The Balaban J connectivity index is 1.64. The second kappa shape index (κ2) is 9.59. The fraction of sp³-hybridized carbons (Fsp3) is 0.500. The Morgan fingerprint density at radius 3 is 2.69 bits per heavy atom. The average Bonchev–Trinajstić information content (AvgIpc) is 3.10. The molecule has 1 fully saturated rings. The minimum Gasteiger partial charge on any atom is -0.325 e. The van der Waals surface area contributed by atoms with Gasteiger partial charge in [0.25, 0.3) is 0 Å². The molecule has 0 unspecified atom stereocenters. The van der Waals surface area contributed by atoms with Crippen molar-refractivity contribution in [2.75, 3.05) is 30.4 Å². The number of hydrogen-bond donors (Lipinski definition) is 1. The van der Waals surface area contributed by atoms with E-state index in [0.717, 1.165) is 28.8 Å². The summed E-state index contributed by atoms with van der Waals surface area (Å²) in [5, 5.41) is 12.1. The number of carbonyl (C=O) groups excluding carboxylic acids is 1. The van der Waals surface area contributed by atoms with E-state index < -0.39 is 10.0 Å². The van der Waals surface area contributed by atoms with Gasteiger partial charge in [0, 0.05) is 35.7 Å². The maximum atomic E-state index is 12.3. The molecule has 1 aromatic heterocycles. The lowest BCUT2D eigenvalue weighted by atomic mass is 9.99. The third-order valence-electron chi connectivity index (χ3n) is 4.74. The van der Waals surface area contributed by atoms with Crippen molar-refractivity contribution < 1.29 is 13.2 Å². The zero-order valence-electron chi connectivity index (χ0n) is 16.3. The Bertz CT molecular complexity index is 962. The Labute approximate surface area is 183 Å². The monoisotopic (exact) mass is 501 g/mol. The first-order chi connectivity index (χ1) is 13.8. The van der Waals surface area contributed by atoms with Crippen LogP contribution in [-0.2, 0) is 21.4 Å². The molecule has 0 saturated carbocycles. The van der Waals surface area contributed by atoms with Crippen LogP contribution in [0.1, 0.15) is 31.5 Å². The SMILES string of the molecule is CCn1c(SCC(=O)Nc2ccc(Br)cc2)nnc1[C@H]1CCCN(S(C)(=O)=O)C1. The molecule has 1 aliphatic rings. The third kappa shape index (κ3) is 5.80. The van der Waals surface area contributed by atoms with Gasteiger partial charge < -0.3 is 9.88 Å². The average molecular weight is 502 g/mol. The van der Waals surface area contributed by atoms with Gasteiger partial charge in [0.2, 0.25) is 15.9 Å². The van der Waals surface area contributed by atoms with Crippen LogP contribution >= 0.6 is 27.7 Å². The molecule has 1 aromatic carbocycles. The molecule has 1 saturated heterocycles. The maximum Gasteiger partial charge on any atom is 0.234 e. The van der Waals surface area contributed by atoms with Crippen LogP contribution < -0.4 is 5.32 Å². The first-order valence-corrected chi connectivity index (χ1v) is 13.0. The predicted molar refractivity (Wildman–Crippen MR) is 118 cm³/mol. The molecule has 1 amide bonds.